The molecule has 0 saturated carbocycles. The van der Waals surface area contributed by atoms with E-state index in [0.29, 0.717) is 12.2 Å². The molecule has 0 saturated heterocycles. The van der Waals surface area contributed by atoms with E-state index in [9.17, 15) is 4.39 Å². The van der Waals surface area contributed by atoms with Crippen molar-refractivity contribution in [2.45, 2.75) is 6.42 Å². The molecule has 1 aromatic heterocycles. The molecule has 2 rings (SSSR count). The van der Waals surface area contributed by atoms with Crippen molar-refractivity contribution in [3.8, 4) is 5.75 Å². The Bertz CT molecular complexity index is 517. The maximum Gasteiger partial charge on any atom is 0.165 e. The number of aryl methyl sites for hydroxylation is 1. The average molecular weight is 235 g/mol. The van der Waals surface area contributed by atoms with Crippen molar-refractivity contribution in [2.75, 3.05) is 12.8 Å². The van der Waals surface area contributed by atoms with Crippen LogP contribution >= 0.6 is 0 Å². The molecule has 0 unspecified atom stereocenters. The first kappa shape index (κ1) is 11.4. The van der Waals surface area contributed by atoms with Crippen molar-refractivity contribution in [1.29, 1.82) is 0 Å². The van der Waals surface area contributed by atoms with Crippen LogP contribution in [-0.4, -0.2) is 16.9 Å². The fraction of sp³-hybridized carbons (Fsp3) is 0.250. The SMILES string of the molecule is COc1ccc(Cc2cc(N)n(C)n2)cc1F. The van der Waals surface area contributed by atoms with Crippen LogP contribution in [0.25, 0.3) is 0 Å². The number of hydrogen-bond donors (Lipinski definition) is 1. The molecular formula is C12H14FN3O. The summed E-state index contributed by atoms with van der Waals surface area (Å²) in [6, 6.07) is 6.65. The minimum atomic E-state index is -0.367. The molecule has 0 amide bonds. The molecule has 1 aromatic carbocycles. The van der Waals surface area contributed by atoms with Crippen molar-refractivity contribution in [2.24, 2.45) is 7.05 Å². The molecule has 17 heavy (non-hydrogen) atoms. The third kappa shape index (κ3) is 2.38. The second-order valence-electron chi connectivity index (χ2n) is 3.83. The molecule has 0 radical (unpaired) electrons. The summed E-state index contributed by atoms with van der Waals surface area (Å²) >= 11 is 0. The Morgan fingerprint density at radius 2 is 2.18 bits per heavy atom. The van der Waals surface area contributed by atoms with Crippen LogP contribution in [0.1, 0.15) is 11.3 Å². The number of hydrogen-bond acceptors (Lipinski definition) is 3. The van der Waals surface area contributed by atoms with Crippen LogP contribution in [0.4, 0.5) is 10.2 Å². The van der Waals surface area contributed by atoms with Crippen molar-refractivity contribution < 1.29 is 9.13 Å². The molecular weight excluding hydrogens is 221 g/mol. The molecule has 90 valence electrons. The summed E-state index contributed by atoms with van der Waals surface area (Å²) in [4.78, 5) is 0. The minimum absolute atomic E-state index is 0.245. The van der Waals surface area contributed by atoms with E-state index in [1.54, 1.807) is 23.9 Å². The van der Waals surface area contributed by atoms with E-state index in [0.717, 1.165) is 11.3 Å². The maximum absolute atomic E-state index is 13.5. The van der Waals surface area contributed by atoms with Gasteiger partial charge in [0.15, 0.2) is 11.6 Å². The molecule has 1 heterocycles. The van der Waals surface area contributed by atoms with Crippen molar-refractivity contribution >= 4 is 5.82 Å². The highest BCUT2D eigenvalue weighted by molar-refractivity contribution is 5.35. The number of anilines is 1. The van der Waals surface area contributed by atoms with Crippen molar-refractivity contribution in [3.05, 3.63) is 41.3 Å². The van der Waals surface area contributed by atoms with Gasteiger partial charge in [0.05, 0.1) is 12.8 Å². The molecule has 2 N–H and O–H groups in total. The Labute approximate surface area is 98.8 Å². The van der Waals surface area contributed by atoms with Gasteiger partial charge in [-0.15, -0.1) is 0 Å². The van der Waals surface area contributed by atoms with Gasteiger partial charge in [0.25, 0.3) is 0 Å². The molecule has 0 fully saturated rings. The number of halogens is 1. The predicted molar refractivity (Wildman–Crippen MR) is 63.4 cm³/mol. The lowest BCUT2D eigenvalue weighted by Crippen LogP contribution is -1.97. The van der Waals surface area contributed by atoms with Crippen LogP contribution in [0, 0.1) is 5.82 Å². The quantitative estimate of drug-likeness (QED) is 0.881. The summed E-state index contributed by atoms with van der Waals surface area (Å²) in [5.41, 5.74) is 7.33. The summed E-state index contributed by atoms with van der Waals surface area (Å²) in [5.74, 6) is 0.470. The molecule has 5 heteroatoms. The number of benzene rings is 1. The molecule has 2 aromatic rings. The van der Waals surface area contributed by atoms with Gasteiger partial charge in [0.2, 0.25) is 0 Å². The number of rotatable bonds is 3. The highest BCUT2D eigenvalue weighted by Crippen LogP contribution is 2.19. The summed E-state index contributed by atoms with van der Waals surface area (Å²) in [5, 5.41) is 4.22. The molecule has 4 nitrogen and oxygen atoms in total. The topological polar surface area (TPSA) is 53.1 Å². The highest BCUT2D eigenvalue weighted by atomic mass is 19.1. The first-order valence-corrected chi connectivity index (χ1v) is 5.21. The number of nitrogen functional groups attached to an aromatic ring is 1. The van der Waals surface area contributed by atoms with Gasteiger partial charge in [-0.25, -0.2) is 4.39 Å². The largest absolute Gasteiger partial charge is 0.494 e. The van der Waals surface area contributed by atoms with Crippen LogP contribution in [-0.2, 0) is 13.5 Å². The second-order valence-corrected chi connectivity index (χ2v) is 3.83. The third-order valence-electron chi connectivity index (χ3n) is 2.57. The smallest absolute Gasteiger partial charge is 0.165 e. The van der Waals surface area contributed by atoms with Crippen LogP contribution in [0.15, 0.2) is 24.3 Å². The minimum Gasteiger partial charge on any atom is -0.494 e. The summed E-state index contributed by atoms with van der Waals surface area (Å²) < 4.78 is 19.9. The Morgan fingerprint density at radius 3 is 2.71 bits per heavy atom. The number of nitrogens with two attached hydrogens (primary N) is 1. The molecule has 0 bridgehead atoms. The first-order valence-electron chi connectivity index (χ1n) is 5.21. The van der Waals surface area contributed by atoms with E-state index in [1.807, 2.05) is 6.07 Å². The van der Waals surface area contributed by atoms with E-state index >= 15 is 0 Å². The fourth-order valence-corrected chi connectivity index (χ4v) is 1.66. The van der Waals surface area contributed by atoms with Crippen LogP contribution in [0.5, 0.6) is 5.75 Å². The summed E-state index contributed by atoms with van der Waals surface area (Å²) in [6.45, 7) is 0. The normalized spacial score (nSPS) is 10.5. The Kier molecular flexibility index (Phi) is 2.99. The predicted octanol–water partition coefficient (Wildman–Crippen LogP) is 1.74. The molecule has 0 aliphatic heterocycles. The lowest BCUT2D eigenvalue weighted by atomic mass is 10.1. The standard InChI is InChI=1S/C12H14FN3O/c1-16-12(14)7-9(15-16)5-8-3-4-11(17-2)10(13)6-8/h3-4,6-7H,5,14H2,1-2H3. The zero-order valence-electron chi connectivity index (χ0n) is 9.77. The maximum atomic E-state index is 13.5. The fourth-order valence-electron chi connectivity index (χ4n) is 1.66. The summed E-state index contributed by atoms with van der Waals surface area (Å²) in [7, 11) is 3.21. The van der Waals surface area contributed by atoms with E-state index in [4.69, 9.17) is 10.5 Å². The van der Waals surface area contributed by atoms with E-state index in [1.165, 1.54) is 13.2 Å². The molecule has 0 aliphatic rings. The van der Waals surface area contributed by atoms with Gasteiger partial charge >= 0.3 is 0 Å². The van der Waals surface area contributed by atoms with E-state index in [-0.39, 0.29) is 11.6 Å². The van der Waals surface area contributed by atoms with Gasteiger partial charge in [-0.3, -0.25) is 4.68 Å². The van der Waals surface area contributed by atoms with E-state index < -0.39 is 0 Å². The number of methoxy groups -OCH3 is 1. The molecule has 0 spiro atoms. The van der Waals surface area contributed by atoms with E-state index in [2.05, 4.69) is 5.10 Å². The van der Waals surface area contributed by atoms with Gasteiger partial charge in [0.1, 0.15) is 5.82 Å². The van der Waals surface area contributed by atoms with Crippen molar-refractivity contribution in [3.63, 3.8) is 0 Å². The lowest BCUT2D eigenvalue weighted by Gasteiger charge is -2.03. The second kappa shape index (κ2) is 4.45. The van der Waals surface area contributed by atoms with Gasteiger partial charge in [-0.05, 0) is 17.7 Å². The Morgan fingerprint density at radius 1 is 1.41 bits per heavy atom. The number of aromatic nitrogens is 2. The van der Waals surface area contributed by atoms with Crippen LogP contribution in [0.2, 0.25) is 0 Å². The first-order chi connectivity index (χ1) is 8.10. The summed E-state index contributed by atoms with van der Waals surface area (Å²) in [6.07, 6.45) is 0.548. The number of ether oxygens (including phenoxy) is 1. The zero-order chi connectivity index (χ0) is 12.4. The number of nitrogens with zero attached hydrogens (tertiary/aromatic N) is 2. The van der Waals surface area contributed by atoms with Gasteiger partial charge in [0, 0.05) is 19.5 Å². The highest BCUT2D eigenvalue weighted by Gasteiger charge is 2.07. The van der Waals surface area contributed by atoms with Crippen molar-refractivity contribution in [1.82, 2.24) is 9.78 Å². The lowest BCUT2D eigenvalue weighted by molar-refractivity contribution is 0.386. The Hall–Kier alpha value is -2.04. The van der Waals surface area contributed by atoms with Crippen LogP contribution in [0.3, 0.4) is 0 Å². The third-order valence-corrected chi connectivity index (χ3v) is 2.57. The average Bonchev–Trinajstić information content (AvgIpc) is 2.58. The van der Waals surface area contributed by atoms with Gasteiger partial charge in [-0.2, -0.15) is 5.10 Å². The zero-order valence-corrected chi connectivity index (χ0v) is 9.77. The molecule has 0 atom stereocenters. The Balaban J connectivity index is 2.21. The van der Waals surface area contributed by atoms with Crippen LogP contribution < -0.4 is 10.5 Å². The monoisotopic (exact) mass is 235 g/mol. The van der Waals surface area contributed by atoms with Gasteiger partial charge in [-0.1, -0.05) is 6.07 Å². The molecule has 0 aliphatic carbocycles. The van der Waals surface area contributed by atoms with Gasteiger partial charge < -0.3 is 10.5 Å².